The van der Waals surface area contributed by atoms with Crippen molar-refractivity contribution in [3.8, 4) is 0 Å². The molecule has 94 valence electrons. The second-order valence-electron chi connectivity index (χ2n) is 5.53. The van der Waals surface area contributed by atoms with Gasteiger partial charge in [0.2, 0.25) is 0 Å². The van der Waals surface area contributed by atoms with Crippen LogP contribution in [0.5, 0.6) is 0 Å². The van der Waals surface area contributed by atoms with Crippen LogP contribution in [0.3, 0.4) is 0 Å². The number of likely N-dealkylation sites (tertiary alicyclic amines) is 1. The molecule has 0 bridgehead atoms. The van der Waals surface area contributed by atoms with Gasteiger partial charge in [-0.05, 0) is 33.1 Å². The monoisotopic (exact) mass is 235 g/mol. The molecular formula is C13H21N3O. The minimum Gasteiger partial charge on any atom is -0.360 e. The van der Waals surface area contributed by atoms with Gasteiger partial charge in [0, 0.05) is 30.7 Å². The van der Waals surface area contributed by atoms with Crippen molar-refractivity contribution < 1.29 is 4.52 Å². The lowest BCUT2D eigenvalue weighted by Crippen LogP contribution is -2.33. The Labute approximate surface area is 102 Å². The van der Waals surface area contributed by atoms with E-state index in [9.17, 15) is 0 Å². The number of nitrogens with zero attached hydrogens (tertiary/aromatic N) is 2. The summed E-state index contributed by atoms with van der Waals surface area (Å²) in [6.07, 6.45) is 4.06. The zero-order chi connectivity index (χ0) is 11.8. The number of hydrogen-bond acceptors (Lipinski definition) is 4. The summed E-state index contributed by atoms with van der Waals surface area (Å²) in [4.78, 5) is 2.66. The largest absolute Gasteiger partial charge is 0.360 e. The van der Waals surface area contributed by atoms with Crippen LogP contribution < -0.4 is 5.32 Å². The quantitative estimate of drug-likeness (QED) is 0.862. The highest BCUT2D eigenvalue weighted by Gasteiger charge is 2.38. The summed E-state index contributed by atoms with van der Waals surface area (Å²) in [5.74, 6) is 0.944. The van der Waals surface area contributed by atoms with Crippen LogP contribution in [0.2, 0.25) is 0 Å². The first-order valence-corrected chi connectivity index (χ1v) is 6.63. The van der Waals surface area contributed by atoms with Crippen LogP contribution in [0.15, 0.2) is 10.6 Å². The first-order chi connectivity index (χ1) is 8.22. The number of aromatic nitrogens is 1. The van der Waals surface area contributed by atoms with Gasteiger partial charge in [-0.1, -0.05) is 5.16 Å². The van der Waals surface area contributed by atoms with Crippen LogP contribution in [0.1, 0.15) is 37.6 Å². The Morgan fingerprint density at radius 2 is 2.35 bits per heavy atom. The Morgan fingerprint density at radius 3 is 3.00 bits per heavy atom. The lowest BCUT2D eigenvalue weighted by Gasteiger charge is -2.19. The zero-order valence-corrected chi connectivity index (χ0v) is 10.6. The molecule has 2 fully saturated rings. The van der Waals surface area contributed by atoms with Crippen molar-refractivity contribution in [2.24, 2.45) is 0 Å². The highest BCUT2D eigenvalue weighted by Crippen LogP contribution is 2.33. The maximum Gasteiger partial charge on any atom is 0.150 e. The number of rotatable bonds is 4. The molecule has 3 rings (SSSR count). The third-order valence-electron chi connectivity index (χ3n) is 3.88. The molecule has 1 saturated heterocycles. The van der Waals surface area contributed by atoms with Crippen molar-refractivity contribution in [3.63, 3.8) is 0 Å². The molecule has 1 aliphatic heterocycles. The molecule has 1 aliphatic carbocycles. The van der Waals surface area contributed by atoms with Crippen molar-refractivity contribution in [1.82, 2.24) is 15.4 Å². The predicted molar refractivity (Wildman–Crippen MR) is 65.7 cm³/mol. The summed E-state index contributed by atoms with van der Waals surface area (Å²) in [6, 6.07) is 4.22. The van der Waals surface area contributed by atoms with E-state index in [1.165, 1.54) is 25.8 Å². The molecular weight excluding hydrogens is 214 g/mol. The molecule has 4 heteroatoms. The molecule has 0 radical (unpaired) electrons. The molecule has 17 heavy (non-hydrogen) atoms. The van der Waals surface area contributed by atoms with Crippen LogP contribution in [-0.4, -0.2) is 34.7 Å². The third-order valence-corrected chi connectivity index (χ3v) is 3.88. The van der Waals surface area contributed by atoms with Gasteiger partial charge in [0.25, 0.3) is 0 Å². The van der Waals surface area contributed by atoms with Gasteiger partial charge in [0.05, 0.1) is 12.2 Å². The van der Waals surface area contributed by atoms with Crippen LogP contribution in [-0.2, 0) is 6.54 Å². The van der Waals surface area contributed by atoms with Gasteiger partial charge in [-0.15, -0.1) is 0 Å². The molecule has 2 atom stereocenters. The van der Waals surface area contributed by atoms with Crippen molar-refractivity contribution >= 4 is 0 Å². The van der Waals surface area contributed by atoms with E-state index < -0.39 is 0 Å². The van der Waals surface area contributed by atoms with E-state index in [0.717, 1.165) is 30.1 Å². The highest BCUT2D eigenvalue weighted by molar-refractivity contribution is 5.03. The summed E-state index contributed by atoms with van der Waals surface area (Å²) < 4.78 is 5.21. The lowest BCUT2D eigenvalue weighted by molar-refractivity contribution is 0.254. The average molecular weight is 235 g/mol. The van der Waals surface area contributed by atoms with E-state index in [2.05, 4.69) is 22.3 Å². The molecule has 0 amide bonds. The second-order valence-corrected chi connectivity index (χ2v) is 5.53. The topological polar surface area (TPSA) is 41.3 Å². The third kappa shape index (κ3) is 2.53. The minimum absolute atomic E-state index is 0.607. The molecule has 1 aromatic rings. The van der Waals surface area contributed by atoms with Gasteiger partial charge in [-0.25, -0.2) is 0 Å². The fourth-order valence-corrected chi connectivity index (χ4v) is 2.86. The van der Waals surface area contributed by atoms with Crippen LogP contribution >= 0.6 is 0 Å². The summed E-state index contributed by atoms with van der Waals surface area (Å²) in [5.41, 5.74) is 0.959. The maximum absolute atomic E-state index is 5.21. The van der Waals surface area contributed by atoms with Gasteiger partial charge in [-0.3, -0.25) is 4.90 Å². The summed E-state index contributed by atoms with van der Waals surface area (Å²) in [7, 11) is 0. The molecule has 4 nitrogen and oxygen atoms in total. The van der Waals surface area contributed by atoms with Crippen LogP contribution in [0.4, 0.5) is 0 Å². The van der Waals surface area contributed by atoms with Gasteiger partial charge >= 0.3 is 0 Å². The molecule has 2 unspecified atom stereocenters. The molecule has 0 spiro atoms. The van der Waals surface area contributed by atoms with Gasteiger partial charge < -0.3 is 9.84 Å². The number of aryl methyl sites for hydroxylation is 1. The van der Waals surface area contributed by atoms with E-state index in [4.69, 9.17) is 4.52 Å². The van der Waals surface area contributed by atoms with Crippen LogP contribution in [0.25, 0.3) is 0 Å². The zero-order valence-electron chi connectivity index (χ0n) is 10.6. The van der Waals surface area contributed by atoms with E-state index in [0.29, 0.717) is 6.04 Å². The Morgan fingerprint density at radius 1 is 1.53 bits per heavy atom. The van der Waals surface area contributed by atoms with Crippen molar-refractivity contribution in [1.29, 1.82) is 0 Å². The van der Waals surface area contributed by atoms with E-state index in [-0.39, 0.29) is 0 Å². The average Bonchev–Trinajstić information content (AvgIpc) is 2.95. The molecule has 2 aliphatic rings. The minimum atomic E-state index is 0.607. The Bertz CT molecular complexity index is 386. The van der Waals surface area contributed by atoms with Crippen molar-refractivity contribution in [2.45, 2.75) is 57.8 Å². The van der Waals surface area contributed by atoms with Crippen molar-refractivity contribution in [2.75, 3.05) is 6.54 Å². The SMILES string of the molecule is Cc1cc(CNC2CC(C)N(C3CC3)C2)on1. The van der Waals surface area contributed by atoms with Gasteiger partial charge in [0.1, 0.15) is 0 Å². The fraction of sp³-hybridized carbons (Fsp3) is 0.769. The van der Waals surface area contributed by atoms with E-state index >= 15 is 0 Å². The second kappa shape index (κ2) is 4.42. The maximum atomic E-state index is 5.21. The lowest BCUT2D eigenvalue weighted by atomic mass is 10.2. The first kappa shape index (κ1) is 11.2. The molecule has 0 aromatic carbocycles. The highest BCUT2D eigenvalue weighted by atomic mass is 16.5. The molecule has 2 heterocycles. The molecule has 1 saturated carbocycles. The summed E-state index contributed by atoms with van der Waals surface area (Å²) in [6.45, 7) is 6.30. The Balaban J connectivity index is 1.49. The summed E-state index contributed by atoms with van der Waals surface area (Å²) in [5, 5.41) is 7.48. The van der Waals surface area contributed by atoms with E-state index in [1.54, 1.807) is 0 Å². The first-order valence-electron chi connectivity index (χ1n) is 6.63. The number of nitrogens with one attached hydrogen (secondary N) is 1. The summed E-state index contributed by atoms with van der Waals surface area (Å²) >= 11 is 0. The van der Waals surface area contributed by atoms with Gasteiger partial charge in [0.15, 0.2) is 5.76 Å². The molecule has 1 aromatic heterocycles. The normalized spacial score (nSPS) is 30.0. The Hall–Kier alpha value is -0.870. The Kier molecular flexibility index (Phi) is 2.92. The standard InChI is InChI=1S/C13H21N3O/c1-9-5-13(17-15-9)7-14-11-6-10(2)16(8-11)12-3-4-12/h5,10-12,14H,3-4,6-8H2,1-2H3. The van der Waals surface area contributed by atoms with Crippen LogP contribution in [0, 0.1) is 6.92 Å². The number of hydrogen-bond donors (Lipinski definition) is 1. The van der Waals surface area contributed by atoms with E-state index in [1.807, 2.05) is 13.0 Å². The fourth-order valence-electron chi connectivity index (χ4n) is 2.86. The van der Waals surface area contributed by atoms with Crippen molar-refractivity contribution in [3.05, 3.63) is 17.5 Å². The molecule has 1 N–H and O–H groups in total. The van der Waals surface area contributed by atoms with Gasteiger partial charge in [-0.2, -0.15) is 0 Å². The smallest absolute Gasteiger partial charge is 0.150 e. The predicted octanol–water partition coefficient (Wildman–Crippen LogP) is 1.70.